The lowest BCUT2D eigenvalue weighted by Crippen LogP contribution is -2.40. The van der Waals surface area contributed by atoms with E-state index in [9.17, 15) is 9.59 Å². The highest BCUT2D eigenvalue weighted by Gasteiger charge is 2.05. The van der Waals surface area contributed by atoms with Gasteiger partial charge in [0.05, 0.1) is 0 Å². The Kier molecular flexibility index (Phi) is 4.90. The molecule has 4 nitrogen and oxygen atoms in total. The van der Waals surface area contributed by atoms with Gasteiger partial charge in [-0.25, -0.2) is 0 Å². The van der Waals surface area contributed by atoms with Crippen molar-refractivity contribution in [2.75, 3.05) is 0 Å². The summed E-state index contributed by atoms with van der Waals surface area (Å²) in [5, 5.41) is 0. The van der Waals surface area contributed by atoms with Crippen LogP contribution in [0.25, 0.3) is 0 Å². The van der Waals surface area contributed by atoms with Crippen molar-refractivity contribution in [3.05, 3.63) is 46.0 Å². The minimum absolute atomic E-state index is 0.351. The molecule has 0 aliphatic carbocycles. The van der Waals surface area contributed by atoms with Crippen LogP contribution >= 0.6 is 15.9 Å². The monoisotopic (exact) mass is 296 g/mol. The summed E-state index contributed by atoms with van der Waals surface area (Å²) in [5.74, 6) is -0.705. The smallest absolute Gasteiger partial charge is 0.268 e. The van der Waals surface area contributed by atoms with Gasteiger partial charge >= 0.3 is 0 Å². The third-order valence-electron chi connectivity index (χ3n) is 1.83. The number of halogens is 1. The van der Waals surface area contributed by atoms with Crippen molar-refractivity contribution in [3.8, 4) is 0 Å². The molecule has 1 aromatic rings. The molecule has 0 radical (unpaired) electrons. The van der Waals surface area contributed by atoms with Gasteiger partial charge in [0.15, 0.2) is 0 Å². The SMILES string of the molecule is CC(C)=CC(=O)NNC(=O)c1ccc(Br)cc1. The van der Waals surface area contributed by atoms with Crippen LogP contribution in [-0.4, -0.2) is 11.8 Å². The van der Waals surface area contributed by atoms with Crippen molar-refractivity contribution >= 4 is 27.7 Å². The maximum absolute atomic E-state index is 11.6. The number of allylic oxidation sites excluding steroid dienone is 1. The van der Waals surface area contributed by atoms with Crippen molar-refractivity contribution in [2.24, 2.45) is 0 Å². The van der Waals surface area contributed by atoms with Gasteiger partial charge in [0.25, 0.3) is 11.8 Å². The van der Waals surface area contributed by atoms with Crippen LogP contribution in [0.4, 0.5) is 0 Å². The third kappa shape index (κ3) is 4.82. The fourth-order valence-corrected chi connectivity index (χ4v) is 1.35. The molecule has 1 aromatic carbocycles. The summed E-state index contributed by atoms with van der Waals surface area (Å²) in [4.78, 5) is 22.8. The Morgan fingerprint density at radius 2 is 1.71 bits per heavy atom. The molecule has 0 unspecified atom stereocenters. The van der Waals surface area contributed by atoms with Gasteiger partial charge in [-0.05, 0) is 38.1 Å². The van der Waals surface area contributed by atoms with Gasteiger partial charge < -0.3 is 0 Å². The van der Waals surface area contributed by atoms with E-state index in [0.29, 0.717) is 5.56 Å². The van der Waals surface area contributed by atoms with Crippen molar-refractivity contribution in [1.82, 2.24) is 10.9 Å². The van der Waals surface area contributed by atoms with Crippen molar-refractivity contribution in [3.63, 3.8) is 0 Å². The van der Waals surface area contributed by atoms with Gasteiger partial charge in [0.1, 0.15) is 0 Å². The lowest BCUT2D eigenvalue weighted by atomic mass is 10.2. The number of rotatable bonds is 2. The highest BCUT2D eigenvalue weighted by molar-refractivity contribution is 9.10. The molecule has 0 bridgehead atoms. The maximum atomic E-state index is 11.6. The van der Waals surface area contributed by atoms with E-state index in [4.69, 9.17) is 0 Å². The predicted molar refractivity (Wildman–Crippen MR) is 69.2 cm³/mol. The Bertz CT molecular complexity index is 448. The van der Waals surface area contributed by atoms with E-state index in [2.05, 4.69) is 26.8 Å². The topological polar surface area (TPSA) is 58.2 Å². The average molecular weight is 297 g/mol. The summed E-state index contributed by atoms with van der Waals surface area (Å²) in [7, 11) is 0. The second-order valence-corrected chi connectivity index (χ2v) is 4.59. The normalized spacial score (nSPS) is 9.35. The van der Waals surface area contributed by atoms with E-state index in [1.54, 1.807) is 38.1 Å². The highest BCUT2D eigenvalue weighted by Crippen LogP contribution is 2.09. The number of hydrazine groups is 1. The van der Waals surface area contributed by atoms with Crippen LogP contribution in [0, 0.1) is 0 Å². The maximum Gasteiger partial charge on any atom is 0.269 e. The Hall–Kier alpha value is -1.62. The first-order valence-electron chi connectivity index (χ1n) is 5.00. The summed E-state index contributed by atoms with van der Waals surface area (Å²) < 4.78 is 0.891. The van der Waals surface area contributed by atoms with E-state index in [1.165, 1.54) is 6.08 Å². The number of nitrogens with one attached hydrogen (secondary N) is 2. The number of benzene rings is 1. The molecule has 0 heterocycles. The summed E-state index contributed by atoms with van der Waals surface area (Å²) >= 11 is 3.27. The van der Waals surface area contributed by atoms with Crippen molar-refractivity contribution < 1.29 is 9.59 Å². The number of hydrogen-bond acceptors (Lipinski definition) is 2. The molecule has 0 saturated carbocycles. The molecule has 0 saturated heterocycles. The Morgan fingerprint density at radius 3 is 2.24 bits per heavy atom. The minimum Gasteiger partial charge on any atom is -0.268 e. The van der Waals surface area contributed by atoms with Crippen molar-refractivity contribution in [2.45, 2.75) is 13.8 Å². The highest BCUT2D eigenvalue weighted by atomic mass is 79.9. The van der Waals surface area contributed by atoms with Gasteiger partial charge in [-0.2, -0.15) is 0 Å². The number of carbonyl (C=O) groups excluding carboxylic acids is 2. The first-order chi connectivity index (χ1) is 7.99. The molecular formula is C12H13BrN2O2. The zero-order chi connectivity index (χ0) is 12.8. The molecule has 1 rings (SSSR count). The van der Waals surface area contributed by atoms with Crippen LogP contribution in [0.2, 0.25) is 0 Å². The van der Waals surface area contributed by atoms with Gasteiger partial charge in [-0.3, -0.25) is 20.4 Å². The molecule has 2 N–H and O–H groups in total. The van der Waals surface area contributed by atoms with Gasteiger partial charge in [-0.15, -0.1) is 0 Å². The fraction of sp³-hybridized carbons (Fsp3) is 0.167. The van der Waals surface area contributed by atoms with Gasteiger partial charge in [0.2, 0.25) is 0 Å². The predicted octanol–water partition coefficient (Wildman–Crippen LogP) is 2.18. The zero-order valence-corrected chi connectivity index (χ0v) is 11.2. The molecular weight excluding hydrogens is 284 g/mol. The second kappa shape index (κ2) is 6.20. The van der Waals surface area contributed by atoms with Crippen LogP contribution in [0.1, 0.15) is 24.2 Å². The van der Waals surface area contributed by atoms with Gasteiger partial charge in [-0.1, -0.05) is 21.5 Å². The lowest BCUT2D eigenvalue weighted by molar-refractivity contribution is -0.117. The lowest BCUT2D eigenvalue weighted by Gasteiger charge is -2.05. The molecule has 17 heavy (non-hydrogen) atoms. The standard InChI is InChI=1S/C12H13BrN2O2/c1-8(2)7-11(16)14-15-12(17)9-3-5-10(13)6-4-9/h3-7H,1-2H3,(H,14,16)(H,15,17). The molecule has 0 spiro atoms. The van der Waals surface area contributed by atoms with E-state index in [-0.39, 0.29) is 11.8 Å². The molecule has 0 fully saturated rings. The van der Waals surface area contributed by atoms with Crippen molar-refractivity contribution in [1.29, 1.82) is 0 Å². The van der Waals surface area contributed by atoms with E-state index >= 15 is 0 Å². The Labute approximate surface area is 108 Å². The Morgan fingerprint density at radius 1 is 1.12 bits per heavy atom. The molecule has 0 aliphatic rings. The quantitative estimate of drug-likeness (QED) is 0.649. The molecule has 90 valence electrons. The summed E-state index contributed by atoms with van der Waals surface area (Å²) in [6.07, 6.45) is 1.40. The van der Waals surface area contributed by atoms with Crippen LogP contribution in [0.3, 0.4) is 0 Å². The molecule has 5 heteroatoms. The van der Waals surface area contributed by atoms with Crippen LogP contribution in [0.5, 0.6) is 0 Å². The second-order valence-electron chi connectivity index (χ2n) is 3.67. The summed E-state index contributed by atoms with van der Waals surface area (Å²) in [6.45, 7) is 3.60. The molecule has 0 atom stereocenters. The number of hydrogen-bond donors (Lipinski definition) is 2. The fourth-order valence-electron chi connectivity index (χ4n) is 1.09. The Balaban J connectivity index is 2.53. The number of carbonyl (C=O) groups is 2. The molecule has 0 aromatic heterocycles. The average Bonchev–Trinajstić information content (AvgIpc) is 2.26. The van der Waals surface area contributed by atoms with E-state index in [0.717, 1.165) is 10.0 Å². The van der Waals surface area contributed by atoms with E-state index < -0.39 is 0 Å². The molecule has 0 aliphatic heterocycles. The zero-order valence-electron chi connectivity index (χ0n) is 9.58. The van der Waals surface area contributed by atoms with Crippen LogP contribution in [-0.2, 0) is 4.79 Å². The van der Waals surface area contributed by atoms with Crippen LogP contribution in [0.15, 0.2) is 40.4 Å². The third-order valence-corrected chi connectivity index (χ3v) is 2.35. The van der Waals surface area contributed by atoms with E-state index in [1.807, 2.05) is 0 Å². The minimum atomic E-state index is -0.354. The largest absolute Gasteiger partial charge is 0.269 e. The number of amides is 2. The van der Waals surface area contributed by atoms with Crippen LogP contribution < -0.4 is 10.9 Å². The first kappa shape index (κ1) is 13.4. The first-order valence-corrected chi connectivity index (χ1v) is 5.79. The molecule has 2 amide bonds. The summed E-state index contributed by atoms with van der Waals surface area (Å²) in [6, 6.07) is 6.83. The van der Waals surface area contributed by atoms with Gasteiger partial charge in [0, 0.05) is 16.1 Å². The summed E-state index contributed by atoms with van der Waals surface area (Å²) in [5.41, 5.74) is 5.96.